The van der Waals surface area contributed by atoms with Crippen molar-refractivity contribution in [1.29, 1.82) is 0 Å². The second-order valence-electron chi connectivity index (χ2n) is 8.44. The van der Waals surface area contributed by atoms with Crippen molar-refractivity contribution >= 4 is 23.4 Å². The molecule has 0 saturated carbocycles. The summed E-state index contributed by atoms with van der Waals surface area (Å²) in [4.78, 5) is 28.6. The second kappa shape index (κ2) is 13.5. The first kappa shape index (κ1) is 27.1. The summed E-state index contributed by atoms with van der Waals surface area (Å²) < 4.78 is 10.7. The summed E-state index contributed by atoms with van der Waals surface area (Å²) in [6, 6.07) is 22.1. The summed E-state index contributed by atoms with van der Waals surface area (Å²) in [5, 5.41) is 3.50. The minimum Gasteiger partial charge on any atom is -0.493 e. The van der Waals surface area contributed by atoms with Gasteiger partial charge >= 0.3 is 0 Å². The zero-order chi connectivity index (χ0) is 25.9. The van der Waals surface area contributed by atoms with Gasteiger partial charge in [0.05, 0.1) is 14.2 Å². The van der Waals surface area contributed by atoms with Gasteiger partial charge in [-0.25, -0.2) is 0 Å². The number of hydrogen-bond donors (Lipinski definition) is 1. The Hall–Kier alpha value is -3.51. The number of hydrogen-bond acceptors (Lipinski definition) is 4. The van der Waals surface area contributed by atoms with Gasteiger partial charge in [0.1, 0.15) is 6.04 Å². The van der Waals surface area contributed by atoms with Crippen LogP contribution in [0.1, 0.15) is 30.0 Å². The van der Waals surface area contributed by atoms with E-state index in [0.717, 1.165) is 16.7 Å². The molecule has 36 heavy (non-hydrogen) atoms. The molecule has 0 aliphatic carbocycles. The Balaban J connectivity index is 1.88. The molecule has 1 unspecified atom stereocenters. The molecule has 6 nitrogen and oxygen atoms in total. The van der Waals surface area contributed by atoms with Gasteiger partial charge in [0.25, 0.3) is 0 Å². The van der Waals surface area contributed by atoms with E-state index in [0.29, 0.717) is 35.9 Å². The lowest BCUT2D eigenvalue weighted by Gasteiger charge is -2.31. The number of carbonyl (C=O) groups is 2. The van der Waals surface area contributed by atoms with Gasteiger partial charge in [-0.2, -0.15) is 0 Å². The van der Waals surface area contributed by atoms with Gasteiger partial charge in [-0.15, -0.1) is 0 Å². The number of nitrogens with zero attached hydrogens (tertiary/aromatic N) is 1. The molecule has 0 aromatic heterocycles. The van der Waals surface area contributed by atoms with Crippen LogP contribution in [0.25, 0.3) is 0 Å². The molecule has 1 atom stereocenters. The number of carbonyl (C=O) groups excluding carboxylic acids is 2. The summed E-state index contributed by atoms with van der Waals surface area (Å²) in [6.45, 7) is 2.63. The third-order valence-corrected chi connectivity index (χ3v) is 6.17. The third-order valence-electron chi connectivity index (χ3n) is 5.94. The van der Waals surface area contributed by atoms with Gasteiger partial charge in [-0.3, -0.25) is 9.59 Å². The monoisotopic (exact) mass is 508 g/mol. The van der Waals surface area contributed by atoms with E-state index in [9.17, 15) is 9.59 Å². The SMILES string of the molecule is CCNC(=O)C(Cc1ccccc1)N(Cc1cccc(Cl)c1)C(=O)CCc1ccc(OC)c(OC)c1. The van der Waals surface area contributed by atoms with Gasteiger partial charge in [0.2, 0.25) is 11.8 Å². The Bertz CT molecular complexity index is 1150. The van der Waals surface area contributed by atoms with E-state index in [-0.39, 0.29) is 24.8 Å². The van der Waals surface area contributed by atoms with Crippen LogP contribution < -0.4 is 14.8 Å². The topological polar surface area (TPSA) is 67.9 Å². The van der Waals surface area contributed by atoms with E-state index in [2.05, 4.69) is 5.32 Å². The van der Waals surface area contributed by atoms with Crippen LogP contribution in [-0.4, -0.2) is 43.5 Å². The van der Waals surface area contributed by atoms with E-state index in [1.54, 1.807) is 25.2 Å². The molecule has 2 amide bonds. The molecule has 3 rings (SSSR count). The summed E-state index contributed by atoms with van der Waals surface area (Å²) >= 11 is 6.22. The lowest BCUT2D eigenvalue weighted by Crippen LogP contribution is -2.50. The number of aryl methyl sites for hydroxylation is 1. The van der Waals surface area contributed by atoms with Crippen molar-refractivity contribution in [2.75, 3.05) is 20.8 Å². The van der Waals surface area contributed by atoms with Crippen LogP contribution in [0.15, 0.2) is 72.8 Å². The number of ether oxygens (including phenoxy) is 2. The number of amides is 2. The Labute approximate surface area is 218 Å². The third kappa shape index (κ3) is 7.49. The van der Waals surface area contributed by atoms with Gasteiger partial charge < -0.3 is 19.7 Å². The molecule has 190 valence electrons. The number of nitrogens with one attached hydrogen (secondary N) is 1. The first-order chi connectivity index (χ1) is 17.4. The fourth-order valence-electron chi connectivity index (χ4n) is 4.11. The van der Waals surface area contributed by atoms with Crippen LogP contribution in [0.3, 0.4) is 0 Å². The first-order valence-corrected chi connectivity index (χ1v) is 12.4. The standard InChI is InChI=1S/C29H33ClN2O4/c1-4-31-29(34)25(18-21-9-6-5-7-10-21)32(20-23-11-8-12-24(30)17-23)28(33)16-14-22-13-15-26(35-2)27(19-22)36-3/h5-13,15,17,19,25H,4,14,16,18,20H2,1-3H3,(H,31,34). The smallest absolute Gasteiger partial charge is 0.243 e. The minimum atomic E-state index is -0.663. The Kier molecular flexibility index (Phi) is 10.2. The summed E-state index contributed by atoms with van der Waals surface area (Å²) in [7, 11) is 3.17. The molecule has 3 aromatic rings. The van der Waals surface area contributed by atoms with E-state index < -0.39 is 6.04 Å². The number of methoxy groups -OCH3 is 2. The van der Waals surface area contributed by atoms with Crippen molar-refractivity contribution in [1.82, 2.24) is 10.2 Å². The molecular weight excluding hydrogens is 476 g/mol. The molecule has 0 radical (unpaired) electrons. The highest BCUT2D eigenvalue weighted by molar-refractivity contribution is 6.30. The number of likely N-dealkylation sites (N-methyl/N-ethyl adjacent to an activating group) is 1. The lowest BCUT2D eigenvalue weighted by molar-refractivity contribution is -0.141. The molecule has 7 heteroatoms. The number of halogens is 1. The largest absolute Gasteiger partial charge is 0.493 e. The van der Waals surface area contributed by atoms with E-state index in [1.165, 1.54) is 0 Å². The van der Waals surface area contributed by atoms with Gasteiger partial charge in [0, 0.05) is 31.0 Å². The maximum atomic E-state index is 13.7. The van der Waals surface area contributed by atoms with Gasteiger partial charge in [-0.05, 0) is 54.3 Å². The van der Waals surface area contributed by atoms with Crippen molar-refractivity contribution in [3.05, 3.63) is 94.5 Å². The number of benzene rings is 3. The molecule has 3 aromatic carbocycles. The van der Waals surface area contributed by atoms with Crippen LogP contribution >= 0.6 is 11.6 Å². The molecule has 0 spiro atoms. The lowest BCUT2D eigenvalue weighted by atomic mass is 10.0. The van der Waals surface area contributed by atoms with Crippen molar-refractivity contribution < 1.29 is 19.1 Å². The van der Waals surface area contributed by atoms with Crippen molar-refractivity contribution in [2.24, 2.45) is 0 Å². The van der Waals surface area contributed by atoms with E-state index in [1.807, 2.05) is 73.7 Å². The molecule has 0 aliphatic heterocycles. The van der Waals surface area contributed by atoms with Crippen LogP contribution in [0, 0.1) is 0 Å². The van der Waals surface area contributed by atoms with Crippen molar-refractivity contribution in [3.8, 4) is 11.5 Å². The summed E-state index contributed by atoms with van der Waals surface area (Å²) in [5.74, 6) is 0.955. The molecule has 0 heterocycles. The average molecular weight is 509 g/mol. The fourth-order valence-corrected chi connectivity index (χ4v) is 4.32. The predicted molar refractivity (Wildman–Crippen MR) is 142 cm³/mol. The first-order valence-electron chi connectivity index (χ1n) is 12.0. The fraction of sp³-hybridized carbons (Fsp3) is 0.310. The van der Waals surface area contributed by atoms with Crippen LogP contribution in [0.4, 0.5) is 0 Å². The van der Waals surface area contributed by atoms with Crippen LogP contribution in [0.5, 0.6) is 11.5 Å². The Morgan fingerprint density at radius 2 is 1.61 bits per heavy atom. The molecule has 0 saturated heterocycles. The number of rotatable bonds is 12. The summed E-state index contributed by atoms with van der Waals surface area (Å²) in [6.07, 6.45) is 1.15. The van der Waals surface area contributed by atoms with Crippen molar-refractivity contribution in [2.45, 2.75) is 38.8 Å². The zero-order valence-corrected chi connectivity index (χ0v) is 21.8. The highest BCUT2D eigenvalue weighted by atomic mass is 35.5. The molecular formula is C29H33ClN2O4. The average Bonchev–Trinajstić information content (AvgIpc) is 2.89. The molecule has 1 N–H and O–H groups in total. The van der Waals surface area contributed by atoms with Gasteiger partial charge in [0.15, 0.2) is 11.5 Å². The summed E-state index contributed by atoms with van der Waals surface area (Å²) in [5.41, 5.74) is 2.79. The minimum absolute atomic E-state index is 0.114. The van der Waals surface area contributed by atoms with E-state index in [4.69, 9.17) is 21.1 Å². The highest BCUT2D eigenvalue weighted by Gasteiger charge is 2.30. The zero-order valence-electron chi connectivity index (χ0n) is 21.0. The van der Waals surface area contributed by atoms with Crippen molar-refractivity contribution in [3.63, 3.8) is 0 Å². The molecule has 0 bridgehead atoms. The quantitative estimate of drug-likeness (QED) is 0.371. The maximum absolute atomic E-state index is 13.7. The predicted octanol–water partition coefficient (Wildman–Crippen LogP) is 5.07. The Morgan fingerprint density at radius 3 is 2.28 bits per heavy atom. The van der Waals surface area contributed by atoms with Crippen LogP contribution in [0.2, 0.25) is 5.02 Å². The van der Waals surface area contributed by atoms with E-state index >= 15 is 0 Å². The highest BCUT2D eigenvalue weighted by Crippen LogP contribution is 2.28. The normalized spacial score (nSPS) is 11.4. The maximum Gasteiger partial charge on any atom is 0.243 e. The molecule has 0 fully saturated rings. The second-order valence-corrected chi connectivity index (χ2v) is 8.88. The van der Waals surface area contributed by atoms with Crippen LogP contribution in [-0.2, 0) is 29.0 Å². The van der Waals surface area contributed by atoms with Gasteiger partial charge in [-0.1, -0.05) is 60.1 Å². The molecule has 0 aliphatic rings. The Morgan fingerprint density at radius 1 is 0.889 bits per heavy atom.